The number of aliphatic hydroxyl groups is 1. The van der Waals surface area contributed by atoms with Crippen LogP contribution in [-0.2, 0) is 6.18 Å². The quantitative estimate of drug-likeness (QED) is 0.215. The van der Waals surface area contributed by atoms with Gasteiger partial charge < -0.3 is 20.5 Å². The third-order valence-electron chi connectivity index (χ3n) is 11.1. The number of nitrogens with zero attached hydrogens (tertiary/aromatic N) is 5. The zero-order valence-electron chi connectivity index (χ0n) is 26.2. The van der Waals surface area contributed by atoms with Crippen LogP contribution in [0.5, 0.6) is 6.01 Å². The zero-order chi connectivity index (χ0) is 34.5. The van der Waals surface area contributed by atoms with E-state index in [9.17, 15) is 32.3 Å². The van der Waals surface area contributed by atoms with Crippen molar-refractivity contribution in [1.29, 1.82) is 5.26 Å². The summed E-state index contributed by atoms with van der Waals surface area (Å²) in [5, 5.41) is 19.3. The lowest BCUT2D eigenvalue weighted by atomic mass is 9.61. The summed E-state index contributed by atoms with van der Waals surface area (Å²) in [5.74, 6) is -2.07. The van der Waals surface area contributed by atoms with Crippen molar-refractivity contribution in [3.63, 3.8) is 0 Å². The van der Waals surface area contributed by atoms with Gasteiger partial charge in [0.05, 0.1) is 27.5 Å². The number of nitrogens with two attached hydrogens (primary N) is 1. The first-order valence-electron chi connectivity index (χ1n) is 16.3. The van der Waals surface area contributed by atoms with E-state index in [4.69, 9.17) is 10.5 Å². The second-order valence-corrected chi connectivity index (χ2v) is 15.1. The highest BCUT2D eigenvalue weighted by Gasteiger charge is 2.50. The van der Waals surface area contributed by atoms with Crippen LogP contribution in [0.15, 0.2) is 18.2 Å². The second-order valence-electron chi connectivity index (χ2n) is 14.0. The Hall–Kier alpha value is -3.87. The van der Waals surface area contributed by atoms with Gasteiger partial charge in [-0.3, -0.25) is 4.90 Å². The second kappa shape index (κ2) is 11.3. The Kier molecular flexibility index (Phi) is 7.48. The minimum Gasteiger partial charge on any atom is -0.461 e. The molecule has 15 heteroatoms. The molecule has 5 heterocycles. The van der Waals surface area contributed by atoms with Crippen LogP contribution in [0.2, 0.25) is 0 Å². The third kappa shape index (κ3) is 5.17. The largest absolute Gasteiger partial charge is 0.461 e. The molecule has 0 amide bonds. The van der Waals surface area contributed by atoms with Gasteiger partial charge in [0.1, 0.15) is 41.0 Å². The van der Waals surface area contributed by atoms with Crippen molar-refractivity contribution in [1.82, 2.24) is 14.9 Å². The number of rotatable bonds is 5. The first-order valence-corrected chi connectivity index (χ1v) is 17.1. The molecule has 2 aromatic heterocycles. The van der Waals surface area contributed by atoms with Crippen LogP contribution in [-0.4, -0.2) is 70.6 Å². The van der Waals surface area contributed by atoms with Crippen molar-refractivity contribution in [2.75, 3.05) is 43.4 Å². The highest BCUT2D eigenvalue weighted by Crippen LogP contribution is 2.51. The molecule has 2 atom stereocenters. The number of hydrogen-bond donors (Lipinski definition) is 2. The summed E-state index contributed by atoms with van der Waals surface area (Å²) in [6.07, 6.45) is -2.05. The van der Waals surface area contributed by atoms with Crippen molar-refractivity contribution < 1.29 is 36.2 Å². The number of thiophene rings is 1. The van der Waals surface area contributed by atoms with Crippen LogP contribution in [0.25, 0.3) is 32.1 Å². The van der Waals surface area contributed by atoms with E-state index in [1.807, 2.05) is 11.0 Å². The first kappa shape index (κ1) is 32.3. The van der Waals surface area contributed by atoms with Crippen molar-refractivity contribution in [3.05, 3.63) is 41.0 Å². The van der Waals surface area contributed by atoms with Gasteiger partial charge >= 0.3 is 12.2 Å². The molecule has 4 aromatic rings. The summed E-state index contributed by atoms with van der Waals surface area (Å²) < 4.78 is 97.2. The molecule has 3 N–H and O–H groups in total. The summed E-state index contributed by atoms with van der Waals surface area (Å²) in [6, 6.07) is 4.33. The minimum atomic E-state index is -5.07. The number of aliphatic hydroxyl groups excluding tert-OH is 1. The van der Waals surface area contributed by atoms with E-state index in [0.717, 1.165) is 24.6 Å². The van der Waals surface area contributed by atoms with E-state index in [1.54, 1.807) is 4.90 Å². The standard InChI is InChI=1S/C34H32F6N6O2S/c35-17-11-33(4-1-7-46(33)15-17)16-48-31-43-27-20(30(44-31)45-8-5-32(6-9-45)12-18(47)13-32)10-22(34(38,39)40)25(26(27)37)19-2-3-23(36)28-24(19)21(14-41)29(42)49-28/h2-3,10,17-18,47H,1,4-9,11-13,15-16,42H2/t17-,33+/m1/s1. The fraction of sp³-hybridized carbons (Fsp3) is 0.500. The zero-order valence-corrected chi connectivity index (χ0v) is 27.0. The molecule has 2 aromatic carbocycles. The number of fused-ring (bicyclic) bond motifs is 3. The van der Waals surface area contributed by atoms with Crippen molar-refractivity contribution in [2.45, 2.75) is 68.9 Å². The number of halogens is 6. The normalized spacial score (nSPS) is 24.1. The summed E-state index contributed by atoms with van der Waals surface area (Å²) >= 11 is 0.695. The lowest BCUT2D eigenvalue weighted by Gasteiger charge is -2.50. The van der Waals surface area contributed by atoms with Crippen LogP contribution in [0.4, 0.5) is 37.2 Å². The van der Waals surface area contributed by atoms with E-state index >= 15 is 4.39 Å². The number of benzene rings is 2. The molecule has 1 saturated carbocycles. The van der Waals surface area contributed by atoms with Gasteiger partial charge in [-0.2, -0.15) is 28.4 Å². The topological polar surface area (TPSA) is 112 Å². The van der Waals surface area contributed by atoms with E-state index in [0.29, 0.717) is 63.1 Å². The molecular weight excluding hydrogens is 670 g/mol. The molecule has 1 spiro atoms. The Morgan fingerprint density at radius 2 is 1.86 bits per heavy atom. The Labute approximate surface area is 281 Å². The molecule has 3 saturated heterocycles. The maximum atomic E-state index is 17.0. The number of hydrogen-bond acceptors (Lipinski definition) is 9. The Morgan fingerprint density at radius 1 is 1.10 bits per heavy atom. The van der Waals surface area contributed by atoms with E-state index in [1.165, 1.54) is 0 Å². The summed E-state index contributed by atoms with van der Waals surface area (Å²) in [4.78, 5) is 12.7. The molecule has 8 nitrogen and oxygen atoms in total. The summed E-state index contributed by atoms with van der Waals surface area (Å²) in [7, 11) is 0. The summed E-state index contributed by atoms with van der Waals surface area (Å²) in [5.41, 5.74) is 2.05. The Balaban J connectivity index is 1.31. The van der Waals surface area contributed by atoms with Crippen LogP contribution in [0, 0.1) is 28.4 Å². The van der Waals surface area contributed by atoms with Gasteiger partial charge in [0.25, 0.3) is 0 Å². The lowest BCUT2D eigenvalue weighted by Crippen LogP contribution is -2.49. The number of nitriles is 1. The molecule has 0 bridgehead atoms. The smallest absolute Gasteiger partial charge is 0.417 e. The predicted octanol–water partition coefficient (Wildman–Crippen LogP) is 6.96. The third-order valence-corrected chi connectivity index (χ3v) is 12.1. The molecule has 0 radical (unpaired) electrons. The monoisotopic (exact) mass is 702 g/mol. The van der Waals surface area contributed by atoms with E-state index in [-0.39, 0.29) is 74.5 Å². The van der Waals surface area contributed by atoms with Gasteiger partial charge in [0.15, 0.2) is 5.82 Å². The molecule has 4 aliphatic rings. The SMILES string of the molecule is N#Cc1c(N)sc2c(F)ccc(-c3c(C(F)(F)F)cc4c(N5CCC6(CC5)CC(O)C6)nc(OC[C@@]56CCCN5C[C@H](F)C6)nc4c3F)c12. The van der Waals surface area contributed by atoms with Gasteiger partial charge in [-0.05, 0) is 68.2 Å². The Morgan fingerprint density at radius 3 is 2.55 bits per heavy atom. The molecule has 0 unspecified atom stereocenters. The molecular formula is C34H32F6N6O2S. The van der Waals surface area contributed by atoms with Crippen molar-refractivity contribution in [3.8, 4) is 23.2 Å². The molecule has 49 heavy (non-hydrogen) atoms. The van der Waals surface area contributed by atoms with E-state index in [2.05, 4.69) is 9.97 Å². The van der Waals surface area contributed by atoms with Crippen LogP contribution >= 0.6 is 11.3 Å². The highest BCUT2D eigenvalue weighted by atomic mass is 32.1. The van der Waals surface area contributed by atoms with Gasteiger partial charge in [-0.15, -0.1) is 11.3 Å². The van der Waals surface area contributed by atoms with Crippen LogP contribution in [0.3, 0.4) is 0 Å². The van der Waals surface area contributed by atoms with Crippen molar-refractivity contribution in [2.24, 2.45) is 5.41 Å². The molecule has 3 aliphatic heterocycles. The maximum Gasteiger partial charge on any atom is 0.417 e. The molecule has 258 valence electrons. The first-order chi connectivity index (χ1) is 23.3. The number of alkyl halides is 4. The number of anilines is 2. The molecule has 4 fully saturated rings. The molecule has 8 rings (SSSR count). The number of aromatic nitrogens is 2. The fourth-order valence-electron chi connectivity index (χ4n) is 8.68. The lowest BCUT2D eigenvalue weighted by molar-refractivity contribution is -0.137. The minimum absolute atomic E-state index is 0.0206. The van der Waals surface area contributed by atoms with Gasteiger partial charge in [0.2, 0.25) is 0 Å². The van der Waals surface area contributed by atoms with Crippen LogP contribution < -0.4 is 15.4 Å². The van der Waals surface area contributed by atoms with Crippen molar-refractivity contribution >= 4 is 43.1 Å². The van der Waals surface area contributed by atoms with E-state index < -0.39 is 46.2 Å². The maximum absolute atomic E-state index is 17.0. The number of ether oxygens (including phenoxy) is 1. The van der Waals surface area contributed by atoms with Gasteiger partial charge in [0, 0.05) is 42.4 Å². The van der Waals surface area contributed by atoms with Gasteiger partial charge in [-0.1, -0.05) is 6.07 Å². The number of nitrogen functional groups attached to an aromatic ring is 1. The van der Waals surface area contributed by atoms with Crippen LogP contribution in [0.1, 0.15) is 56.1 Å². The fourth-order valence-corrected chi connectivity index (χ4v) is 9.63. The Bertz CT molecular complexity index is 2030. The molecule has 1 aliphatic carbocycles. The van der Waals surface area contributed by atoms with Gasteiger partial charge in [-0.25, -0.2) is 13.2 Å². The highest BCUT2D eigenvalue weighted by molar-refractivity contribution is 7.23. The average Bonchev–Trinajstić information content (AvgIpc) is 3.69. The average molecular weight is 703 g/mol. The number of piperidine rings is 1. The summed E-state index contributed by atoms with van der Waals surface area (Å²) in [6.45, 7) is 1.82. The predicted molar refractivity (Wildman–Crippen MR) is 172 cm³/mol.